The van der Waals surface area contributed by atoms with E-state index in [0.29, 0.717) is 0 Å². The highest BCUT2D eigenvalue weighted by atomic mass is 16.5. The SMILES string of the molecule is CC(C)=CCC/C(C)=C\CC/C(C)=C\COC(=O)/C(C#N)=C\c1cc2c3c(c1)CCCN3CCC2. The van der Waals surface area contributed by atoms with E-state index >= 15 is 0 Å². The molecule has 0 aliphatic carbocycles. The fourth-order valence-corrected chi connectivity index (χ4v) is 4.89. The predicted molar refractivity (Wildman–Crippen MR) is 145 cm³/mol. The molecule has 2 aliphatic rings. The Labute approximate surface area is 211 Å². The van der Waals surface area contributed by atoms with Gasteiger partial charge in [0.25, 0.3) is 0 Å². The Morgan fingerprint density at radius 2 is 1.57 bits per heavy atom. The van der Waals surface area contributed by atoms with Crippen LogP contribution in [0.3, 0.4) is 0 Å². The van der Waals surface area contributed by atoms with Gasteiger partial charge in [0.1, 0.15) is 18.2 Å². The zero-order valence-corrected chi connectivity index (χ0v) is 22.0. The molecule has 0 spiro atoms. The number of anilines is 1. The molecule has 0 radical (unpaired) electrons. The minimum Gasteiger partial charge on any atom is -0.457 e. The second kappa shape index (κ2) is 13.1. The van der Waals surface area contributed by atoms with E-state index < -0.39 is 5.97 Å². The number of ether oxygens (including phenoxy) is 1. The van der Waals surface area contributed by atoms with Gasteiger partial charge in [-0.05, 0) is 120 Å². The van der Waals surface area contributed by atoms with Crippen LogP contribution in [-0.4, -0.2) is 25.7 Å². The van der Waals surface area contributed by atoms with Crippen LogP contribution in [0.2, 0.25) is 0 Å². The van der Waals surface area contributed by atoms with E-state index in [0.717, 1.165) is 70.0 Å². The normalized spacial score (nSPS) is 15.9. The second-order valence-corrected chi connectivity index (χ2v) is 10.1. The Balaban J connectivity index is 1.53. The quantitative estimate of drug-likeness (QED) is 0.156. The zero-order chi connectivity index (χ0) is 25.2. The number of allylic oxidation sites excluding steroid dienone is 5. The number of esters is 1. The van der Waals surface area contributed by atoms with E-state index in [1.807, 2.05) is 12.1 Å². The molecule has 0 aromatic heterocycles. The van der Waals surface area contributed by atoms with Crippen molar-refractivity contribution in [3.05, 3.63) is 69.3 Å². The Bertz CT molecular complexity index is 1050. The monoisotopic (exact) mass is 472 g/mol. The molecular weight excluding hydrogens is 432 g/mol. The summed E-state index contributed by atoms with van der Waals surface area (Å²) in [6, 6.07) is 6.32. The lowest BCUT2D eigenvalue weighted by Gasteiger charge is -2.37. The first-order valence-electron chi connectivity index (χ1n) is 13.0. The fraction of sp³-hybridized carbons (Fsp3) is 0.484. The molecule has 0 bridgehead atoms. The lowest BCUT2D eigenvalue weighted by molar-refractivity contribution is -0.137. The molecule has 2 heterocycles. The van der Waals surface area contributed by atoms with E-state index in [9.17, 15) is 10.1 Å². The first kappa shape index (κ1) is 26.5. The van der Waals surface area contributed by atoms with Gasteiger partial charge < -0.3 is 9.64 Å². The van der Waals surface area contributed by atoms with Gasteiger partial charge in [-0.2, -0.15) is 5.26 Å². The number of nitrogens with zero attached hydrogens (tertiary/aromatic N) is 2. The number of hydrogen-bond acceptors (Lipinski definition) is 4. The van der Waals surface area contributed by atoms with Gasteiger partial charge >= 0.3 is 5.97 Å². The highest BCUT2D eigenvalue weighted by Gasteiger charge is 2.24. The van der Waals surface area contributed by atoms with Crippen LogP contribution in [0.5, 0.6) is 0 Å². The molecule has 0 saturated carbocycles. The Hall–Kier alpha value is -3.06. The first-order chi connectivity index (χ1) is 16.9. The number of aryl methyl sites for hydroxylation is 2. The van der Waals surface area contributed by atoms with Crippen molar-refractivity contribution in [3.8, 4) is 6.07 Å². The van der Waals surface area contributed by atoms with Crippen LogP contribution in [0, 0.1) is 11.3 Å². The van der Waals surface area contributed by atoms with Crippen molar-refractivity contribution in [2.24, 2.45) is 0 Å². The van der Waals surface area contributed by atoms with Gasteiger partial charge in [-0.3, -0.25) is 0 Å². The number of carbonyl (C=O) groups is 1. The first-order valence-corrected chi connectivity index (χ1v) is 13.0. The van der Waals surface area contributed by atoms with Crippen molar-refractivity contribution < 1.29 is 9.53 Å². The molecule has 0 saturated heterocycles. The summed E-state index contributed by atoms with van der Waals surface area (Å²) < 4.78 is 5.40. The molecule has 0 unspecified atom stereocenters. The number of benzene rings is 1. The Morgan fingerprint density at radius 1 is 0.971 bits per heavy atom. The minimum atomic E-state index is -0.556. The molecule has 35 heavy (non-hydrogen) atoms. The lowest BCUT2D eigenvalue weighted by atomic mass is 9.90. The van der Waals surface area contributed by atoms with Gasteiger partial charge in [-0.15, -0.1) is 0 Å². The molecule has 186 valence electrons. The van der Waals surface area contributed by atoms with Crippen LogP contribution in [0.15, 0.2) is 52.7 Å². The highest BCUT2D eigenvalue weighted by Crippen LogP contribution is 2.36. The maximum atomic E-state index is 12.6. The second-order valence-electron chi connectivity index (χ2n) is 10.1. The van der Waals surface area contributed by atoms with E-state index in [-0.39, 0.29) is 12.2 Å². The number of carbonyl (C=O) groups excluding carboxylic acids is 1. The zero-order valence-electron chi connectivity index (χ0n) is 22.0. The molecule has 0 amide bonds. The molecule has 2 aliphatic heterocycles. The van der Waals surface area contributed by atoms with E-state index in [1.54, 1.807) is 6.08 Å². The fourth-order valence-electron chi connectivity index (χ4n) is 4.89. The van der Waals surface area contributed by atoms with Crippen molar-refractivity contribution >= 4 is 17.7 Å². The van der Waals surface area contributed by atoms with E-state index in [1.165, 1.54) is 33.5 Å². The summed E-state index contributed by atoms with van der Waals surface area (Å²) in [5, 5.41) is 9.59. The van der Waals surface area contributed by atoms with Crippen molar-refractivity contribution in [1.82, 2.24) is 0 Å². The third-order valence-electron chi connectivity index (χ3n) is 6.77. The van der Waals surface area contributed by atoms with Gasteiger partial charge in [0.2, 0.25) is 0 Å². The number of nitriles is 1. The summed E-state index contributed by atoms with van der Waals surface area (Å²) in [6.45, 7) is 11.0. The standard InChI is InChI=1S/C31H40N2O2/c1-23(2)9-5-10-24(3)11-6-12-25(4)15-18-35-31(34)29(22-32)21-26-19-27-13-7-16-33-17-8-14-28(20-26)30(27)33/h9,11,15,19-21H,5-8,10,12-14,16-18H2,1-4H3/b24-11-,25-15-,29-21-. The summed E-state index contributed by atoms with van der Waals surface area (Å²) in [7, 11) is 0. The van der Waals surface area contributed by atoms with Crippen LogP contribution in [0.1, 0.15) is 82.9 Å². The van der Waals surface area contributed by atoms with Crippen LogP contribution < -0.4 is 4.90 Å². The largest absolute Gasteiger partial charge is 0.457 e. The van der Waals surface area contributed by atoms with Gasteiger partial charge in [0.15, 0.2) is 0 Å². The van der Waals surface area contributed by atoms with Gasteiger partial charge in [-0.25, -0.2) is 4.79 Å². The third-order valence-corrected chi connectivity index (χ3v) is 6.77. The highest BCUT2D eigenvalue weighted by molar-refractivity contribution is 5.98. The molecule has 4 heteroatoms. The summed E-state index contributed by atoms with van der Waals surface area (Å²) in [4.78, 5) is 15.0. The summed E-state index contributed by atoms with van der Waals surface area (Å²) in [5.41, 5.74) is 9.01. The van der Waals surface area contributed by atoms with Crippen LogP contribution in [0.4, 0.5) is 5.69 Å². The Morgan fingerprint density at radius 3 is 2.17 bits per heavy atom. The van der Waals surface area contributed by atoms with Crippen molar-refractivity contribution in [1.29, 1.82) is 5.26 Å². The molecule has 1 aromatic carbocycles. The number of hydrogen-bond donors (Lipinski definition) is 0. The van der Waals surface area contributed by atoms with Gasteiger partial charge in [0, 0.05) is 18.8 Å². The molecule has 0 atom stereocenters. The third kappa shape index (κ3) is 7.99. The molecule has 1 aromatic rings. The van der Waals surface area contributed by atoms with Gasteiger partial charge in [-0.1, -0.05) is 28.9 Å². The molecule has 0 fully saturated rings. The summed E-state index contributed by atoms with van der Waals surface area (Å²) in [5.74, 6) is -0.556. The lowest BCUT2D eigenvalue weighted by Crippen LogP contribution is -2.34. The molecule has 0 N–H and O–H groups in total. The maximum absolute atomic E-state index is 12.6. The average molecular weight is 473 g/mol. The smallest absolute Gasteiger partial charge is 0.349 e. The summed E-state index contributed by atoms with van der Waals surface area (Å²) in [6.07, 6.45) is 16.7. The Kier molecular flexibility index (Phi) is 9.97. The van der Waals surface area contributed by atoms with E-state index in [2.05, 4.69) is 56.9 Å². The van der Waals surface area contributed by atoms with Crippen LogP contribution in [0.25, 0.3) is 6.08 Å². The minimum absolute atomic E-state index is 0.0570. The van der Waals surface area contributed by atoms with Crippen molar-refractivity contribution in [2.75, 3.05) is 24.6 Å². The van der Waals surface area contributed by atoms with Gasteiger partial charge in [0.05, 0.1) is 0 Å². The molecule has 4 nitrogen and oxygen atoms in total. The maximum Gasteiger partial charge on any atom is 0.349 e. The topological polar surface area (TPSA) is 53.3 Å². The van der Waals surface area contributed by atoms with E-state index in [4.69, 9.17) is 4.74 Å². The van der Waals surface area contributed by atoms with Crippen LogP contribution in [-0.2, 0) is 22.4 Å². The van der Waals surface area contributed by atoms with Crippen LogP contribution >= 0.6 is 0 Å². The van der Waals surface area contributed by atoms with Crippen molar-refractivity contribution in [3.63, 3.8) is 0 Å². The average Bonchev–Trinajstić information content (AvgIpc) is 2.82. The number of rotatable bonds is 10. The summed E-state index contributed by atoms with van der Waals surface area (Å²) >= 11 is 0. The molecule has 3 rings (SSSR count). The molecular formula is C31H40N2O2. The predicted octanol–water partition coefficient (Wildman–Crippen LogP) is 7.25. The van der Waals surface area contributed by atoms with Crippen molar-refractivity contribution in [2.45, 2.75) is 79.1 Å².